The summed E-state index contributed by atoms with van der Waals surface area (Å²) < 4.78 is 0. The van der Waals surface area contributed by atoms with Gasteiger partial charge in [0.2, 0.25) is 5.91 Å². The van der Waals surface area contributed by atoms with E-state index in [0.29, 0.717) is 0 Å². The average Bonchev–Trinajstić information content (AvgIpc) is 2.18. The Bertz CT molecular complexity index is 397. The van der Waals surface area contributed by atoms with E-state index >= 15 is 0 Å². The van der Waals surface area contributed by atoms with Crippen molar-refractivity contribution >= 4 is 18.2 Å². The zero-order valence-electron chi connectivity index (χ0n) is 8.13. The van der Waals surface area contributed by atoms with Crippen LogP contribution in [0.1, 0.15) is 17.5 Å². The van der Waals surface area contributed by atoms with Gasteiger partial charge >= 0.3 is 0 Å². The predicted molar refractivity (Wildman–Crippen MR) is 58.7 cm³/mol. The molecule has 0 aliphatic carbocycles. The lowest BCUT2D eigenvalue weighted by atomic mass is 10.1. The molecule has 0 aliphatic heterocycles. The molecule has 0 radical (unpaired) electrons. The fourth-order valence-corrected chi connectivity index (χ4v) is 1.12. The van der Waals surface area contributed by atoms with Crippen molar-refractivity contribution in [3.8, 4) is 0 Å². The number of amides is 1. The quantitative estimate of drug-likeness (QED) is 0.441. The van der Waals surface area contributed by atoms with Gasteiger partial charge in [0.15, 0.2) is 0 Å². The van der Waals surface area contributed by atoms with Crippen molar-refractivity contribution in [1.29, 1.82) is 0 Å². The van der Waals surface area contributed by atoms with Crippen molar-refractivity contribution in [3.63, 3.8) is 0 Å². The van der Waals surface area contributed by atoms with Gasteiger partial charge in [0.05, 0.1) is 6.21 Å². The molecule has 15 heavy (non-hydrogen) atoms. The SMILES string of the molecule is NC(=O)CC=Cc1cccc(C=NO)c1. The molecule has 1 rings (SSSR count). The number of carbonyl (C=O) groups excluding carboxylic acids is 1. The van der Waals surface area contributed by atoms with Gasteiger partial charge in [0, 0.05) is 6.42 Å². The van der Waals surface area contributed by atoms with E-state index in [1.807, 2.05) is 24.3 Å². The molecule has 0 fully saturated rings. The van der Waals surface area contributed by atoms with E-state index in [4.69, 9.17) is 10.9 Å². The highest BCUT2D eigenvalue weighted by atomic mass is 16.4. The molecule has 4 nitrogen and oxygen atoms in total. The van der Waals surface area contributed by atoms with Crippen molar-refractivity contribution in [2.45, 2.75) is 6.42 Å². The maximum absolute atomic E-state index is 10.5. The molecule has 0 aromatic heterocycles. The van der Waals surface area contributed by atoms with Crippen LogP contribution in [0.25, 0.3) is 6.08 Å². The summed E-state index contributed by atoms with van der Waals surface area (Å²) in [5, 5.41) is 11.3. The first-order chi connectivity index (χ1) is 7.22. The van der Waals surface area contributed by atoms with Gasteiger partial charge in [-0.25, -0.2) is 0 Å². The van der Waals surface area contributed by atoms with Crippen LogP contribution in [0, 0.1) is 0 Å². The Hall–Kier alpha value is -2.10. The zero-order chi connectivity index (χ0) is 11.1. The Kier molecular flexibility index (Phi) is 4.09. The van der Waals surface area contributed by atoms with Crippen LogP contribution < -0.4 is 5.73 Å². The molecule has 0 saturated carbocycles. The number of carbonyl (C=O) groups is 1. The smallest absolute Gasteiger partial charge is 0.221 e. The fraction of sp³-hybridized carbons (Fsp3) is 0.0909. The number of primary amides is 1. The summed E-state index contributed by atoms with van der Waals surface area (Å²) >= 11 is 0. The number of hydrogen-bond donors (Lipinski definition) is 2. The third-order valence-corrected chi connectivity index (χ3v) is 1.75. The largest absolute Gasteiger partial charge is 0.411 e. The number of hydrogen-bond acceptors (Lipinski definition) is 3. The molecule has 78 valence electrons. The van der Waals surface area contributed by atoms with Gasteiger partial charge in [-0.05, 0) is 17.2 Å². The summed E-state index contributed by atoms with van der Waals surface area (Å²) in [4.78, 5) is 10.5. The van der Waals surface area contributed by atoms with Crippen molar-refractivity contribution < 1.29 is 10.0 Å². The molecular formula is C11H12N2O2. The normalized spacial score (nSPS) is 11.2. The maximum Gasteiger partial charge on any atom is 0.221 e. The summed E-state index contributed by atoms with van der Waals surface area (Å²) in [6.07, 6.45) is 5.04. The van der Waals surface area contributed by atoms with Crippen LogP contribution in [-0.2, 0) is 4.79 Å². The number of oxime groups is 1. The molecule has 0 heterocycles. The van der Waals surface area contributed by atoms with Crippen molar-refractivity contribution in [3.05, 3.63) is 41.5 Å². The Balaban J connectivity index is 2.73. The fourth-order valence-electron chi connectivity index (χ4n) is 1.12. The monoisotopic (exact) mass is 204 g/mol. The van der Waals surface area contributed by atoms with Crippen LogP contribution in [0.5, 0.6) is 0 Å². The van der Waals surface area contributed by atoms with Gasteiger partial charge in [0.1, 0.15) is 0 Å². The molecule has 0 unspecified atom stereocenters. The Morgan fingerprint density at radius 1 is 1.47 bits per heavy atom. The third-order valence-electron chi connectivity index (χ3n) is 1.75. The second-order valence-corrected chi connectivity index (χ2v) is 2.99. The highest BCUT2D eigenvalue weighted by Crippen LogP contribution is 2.05. The molecule has 0 atom stereocenters. The van der Waals surface area contributed by atoms with Crippen LogP contribution in [0.4, 0.5) is 0 Å². The Labute approximate surface area is 87.7 Å². The summed E-state index contributed by atoms with van der Waals surface area (Å²) in [6.45, 7) is 0. The Morgan fingerprint density at radius 2 is 2.20 bits per heavy atom. The van der Waals surface area contributed by atoms with Gasteiger partial charge in [-0.15, -0.1) is 0 Å². The number of benzene rings is 1. The standard InChI is InChI=1S/C11H12N2O2/c12-11(14)6-2-4-9-3-1-5-10(7-9)8-13-15/h1-5,7-8,15H,6H2,(H2,12,14). The lowest BCUT2D eigenvalue weighted by Crippen LogP contribution is -2.07. The van der Waals surface area contributed by atoms with E-state index in [1.165, 1.54) is 6.21 Å². The predicted octanol–water partition coefficient (Wildman–Crippen LogP) is 1.38. The molecule has 1 aromatic carbocycles. The van der Waals surface area contributed by atoms with E-state index in [1.54, 1.807) is 12.2 Å². The topological polar surface area (TPSA) is 75.7 Å². The molecule has 0 aliphatic rings. The van der Waals surface area contributed by atoms with Crippen molar-refractivity contribution in [2.24, 2.45) is 10.9 Å². The Morgan fingerprint density at radius 3 is 2.87 bits per heavy atom. The van der Waals surface area contributed by atoms with Crippen molar-refractivity contribution in [1.82, 2.24) is 0 Å². The van der Waals surface area contributed by atoms with Crippen LogP contribution in [0.2, 0.25) is 0 Å². The number of nitrogens with two attached hydrogens (primary N) is 1. The first-order valence-corrected chi connectivity index (χ1v) is 4.44. The summed E-state index contributed by atoms with van der Waals surface area (Å²) in [5.41, 5.74) is 6.70. The second-order valence-electron chi connectivity index (χ2n) is 2.99. The minimum Gasteiger partial charge on any atom is -0.411 e. The van der Waals surface area contributed by atoms with Gasteiger partial charge in [0.25, 0.3) is 0 Å². The highest BCUT2D eigenvalue weighted by Gasteiger charge is 1.91. The van der Waals surface area contributed by atoms with E-state index in [-0.39, 0.29) is 12.3 Å². The third kappa shape index (κ3) is 4.08. The molecule has 4 heteroatoms. The van der Waals surface area contributed by atoms with E-state index < -0.39 is 0 Å². The molecular weight excluding hydrogens is 192 g/mol. The number of nitrogens with zero attached hydrogens (tertiary/aromatic N) is 1. The molecule has 0 saturated heterocycles. The molecule has 0 spiro atoms. The van der Waals surface area contributed by atoms with Gasteiger partial charge < -0.3 is 10.9 Å². The minimum absolute atomic E-state index is 0.221. The second kappa shape index (κ2) is 5.59. The van der Waals surface area contributed by atoms with Crippen LogP contribution >= 0.6 is 0 Å². The molecule has 1 aromatic rings. The maximum atomic E-state index is 10.5. The summed E-state index contributed by atoms with van der Waals surface area (Å²) in [6, 6.07) is 7.36. The van der Waals surface area contributed by atoms with Gasteiger partial charge in [-0.3, -0.25) is 4.79 Å². The summed E-state index contributed by atoms with van der Waals surface area (Å²) in [7, 11) is 0. The first kappa shape index (κ1) is 11.0. The highest BCUT2D eigenvalue weighted by molar-refractivity contribution is 5.80. The van der Waals surface area contributed by atoms with E-state index in [2.05, 4.69) is 5.16 Å². The lowest BCUT2D eigenvalue weighted by Gasteiger charge is -1.95. The van der Waals surface area contributed by atoms with Gasteiger partial charge in [-0.2, -0.15) is 0 Å². The average molecular weight is 204 g/mol. The van der Waals surface area contributed by atoms with Crippen LogP contribution in [0.3, 0.4) is 0 Å². The zero-order valence-corrected chi connectivity index (χ0v) is 8.13. The van der Waals surface area contributed by atoms with Crippen LogP contribution in [-0.4, -0.2) is 17.3 Å². The van der Waals surface area contributed by atoms with Gasteiger partial charge in [-0.1, -0.05) is 35.5 Å². The molecule has 0 bridgehead atoms. The summed E-state index contributed by atoms with van der Waals surface area (Å²) in [5.74, 6) is -0.362. The minimum atomic E-state index is -0.362. The van der Waals surface area contributed by atoms with E-state index in [0.717, 1.165) is 11.1 Å². The lowest BCUT2D eigenvalue weighted by molar-refractivity contribution is -0.117. The number of rotatable bonds is 4. The molecule has 1 amide bonds. The first-order valence-electron chi connectivity index (χ1n) is 4.44. The van der Waals surface area contributed by atoms with Crippen molar-refractivity contribution in [2.75, 3.05) is 0 Å². The molecule has 3 N–H and O–H groups in total. The van der Waals surface area contributed by atoms with Crippen LogP contribution in [0.15, 0.2) is 35.5 Å². The van der Waals surface area contributed by atoms with E-state index in [9.17, 15) is 4.79 Å².